The van der Waals surface area contributed by atoms with Crippen LogP contribution in [0.3, 0.4) is 0 Å². The van der Waals surface area contributed by atoms with Crippen molar-refractivity contribution in [2.75, 3.05) is 31.2 Å². The van der Waals surface area contributed by atoms with Crippen LogP contribution in [-0.4, -0.2) is 47.6 Å². The lowest BCUT2D eigenvalue weighted by Crippen LogP contribution is -2.53. The van der Waals surface area contributed by atoms with E-state index in [1.165, 1.54) is 0 Å². The van der Waals surface area contributed by atoms with E-state index in [-0.39, 0.29) is 5.91 Å². The summed E-state index contributed by atoms with van der Waals surface area (Å²) in [6.45, 7) is 5.16. The van der Waals surface area contributed by atoms with E-state index in [1.54, 1.807) is 11.3 Å². The zero-order valence-corrected chi connectivity index (χ0v) is 12.7. The van der Waals surface area contributed by atoms with Crippen LogP contribution in [0, 0.1) is 0 Å². The Labute approximate surface area is 126 Å². The Morgan fingerprint density at radius 3 is 3.29 bits per heavy atom. The monoisotopic (exact) mass is 309 g/mol. The van der Waals surface area contributed by atoms with E-state index in [4.69, 9.17) is 10.5 Å². The predicted molar refractivity (Wildman–Crippen MR) is 81.6 cm³/mol. The van der Waals surface area contributed by atoms with Gasteiger partial charge in [-0.1, -0.05) is 6.92 Å². The highest BCUT2D eigenvalue weighted by Gasteiger charge is 2.31. The first-order chi connectivity index (χ1) is 10.2. The summed E-state index contributed by atoms with van der Waals surface area (Å²) in [5, 5.41) is 5.33. The van der Waals surface area contributed by atoms with E-state index in [2.05, 4.69) is 21.6 Å². The van der Waals surface area contributed by atoms with Crippen molar-refractivity contribution in [2.45, 2.75) is 19.5 Å². The number of hydrogen-bond donors (Lipinski definition) is 2. The normalized spacial score (nSPS) is 19.3. The number of morpholine rings is 1. The summed E-state index contributed by atoms with van der Waals surface area (Å²) >= 11 is 1.58. The molecule has 1 atom stereocenters. The fraction of sp³-hybridized carbons (Fsp3) is 0.538. The van der Waals surface area contributed by atoms with Crippen LogP contribution in [0.4, 0.5) is 5.82 Å². The molecule has 1 saturated heterocycles. The molecule has 2 aromatic rings. The molecule has 1 amide bonds. The summed E-state index contributed by atoms with van der Waals surface area (Å²) in [5.41, 5.74) is 6.56. The number of nitrogens with two attached hydrogens (primary N) is 1. The molecule has 0 aromatic carbocycles. The van der Waals surface area contributed by atoms with E-state index in [9.17, 15) is 4.79 Å². The number of hydrogen-bond acceptors (Lipinski definition) is 6. The summed E-state index contributed by atoms with van der Waals surface area (Å²) < 4.78 is 7.45. The Morgan fingerprint density at radius 2 is 2.52 bits per heavy atom. The van der Waals surface area contributed by atoms with Crippen LogP contribution in [-0.2, 0) is 16.1 Å². The molecule has 1 unspecified atom stereocenters. The number of nitrogens with zero attached hydrogens (tertiary/aromatic N) is 3. The number of fused-ring (bicyclic) bond motifs is 1. The van der Waals surface area contributed by atoms with E-state index >= 15 is 0 Å². The van der Waals surface area contributed by atoms with Crippen LogP contribution < -0.4 is 16.0 Å². The van der Waals surface area contributed by atoms with Gasteiger partial charge in [-0.25, -0.2) is 4.98 Å². The van der Waals surface area contributed by atoms with Gasteiger partial charge in [0.05, 0.1) is 18.9 Å². The molecule has 8 heteroatoms. The molecule has 0 aliphatic carbocycles. The lowest BCUT2D eigenvalue weighted by Gasteiger charge is -2.34. The summed E-state index contributed by atoms with van der Waals surface area (Å²) in [6.07, 6.45) is 2.00. The molecule has 1 aliphatic heterocycles. The highest BCUT2D eigenvalue weighted by atomic mass is 32.1. The first kappa shape index (κ1) is 14.3. The van der Waals surface area contributed by atoms with Crippen molar-refractivity contribution >= 4 is 28.0 Å². The highest BCUT2D eigenvalue weighted by molar-refractivity contribution is 7.15. The van der Waals surface area contributed by atoms with Gasteiger partial charge in [0.2, 0.25) is 5.91 Å². The summed E-state index contributed by atoms with van der Waals surface area (Å²) in [5.74, 6) is 0.454. The number of carbonyl (C=O) groups excluding carboxylic acids is 1. The SMILES string of the molecule is CCNCc1c(N2CCOCC2C(N)=O)nc2sccn12. The topological polar surface area (TPSA) is 84.9 Å². The van der Waals surface area contributed by atoms with Gasteiger partial charge in [0.15, 0.2) is 10.8 Å². The number of ether oxygens (including phenoxy) is 1. The number of primary amides is 1. The molecular formula is C13H19N5O2S. The Kier molecular flexibility index (Phi) is 4.09. The van der Waals surface area contributed by atoms with E-state index < -0.39 is 6.04 Å². The molecule has 3 heterocycles. The predicted octanol–water partition coefficient (Wildman–Crippen LogP) is 0.196. The van der Waals surface area contributed by atoms with Crippen LogP contribution in [0.25, 0.3) is 4.96 Å². The third-order valence-electron chi connectivity index (χ3n) is 3.61. The fourth-order valence-electron chi connectivity index (χ4n) is 2.55. The largest absolute Gasteiger partial charge is 0.377 e. The van der Waals surface area contributed by atoms with Crippen LogP contribution in [0.1, 0.15) is 12.6 Å². The third-order valence-corrected chi connectivity index (χ3v) is 4.37. The minimum absolute atomic E-state index is 0.321. The number of rotatable bonds is 5. The van der Waals surface area contributed by atoms with E-state index in [0.717, 1.165) is 23.0 Å². The number of carbonyl (C=O) groups is 1. The minimum Gasteiger partial charge on any atom is -0.377 e. The van der Waals surface area contributed by atoms with Crippen LogP contribution >= 0.6 is 11.3 Å². The third kappa shape index (κ3) is 2.61. The Bertz CT molecular complexity index is 638. The molecular weight excluding hydrogens is 290 g/mol. The smallest absolute Gasteiger partial charge is 0.242 e. The summed E-state index contributed by atoms with van der Waals surface area (Å²) in [6, 6.07) is -0.455. The number of thiazole rings is 1. The second kappa shape index (κ2) is 6.00. The van der Waals surface area contributed by atoms with Crippen molar-refractivity contribution in [2.24, 2.45) is 5.73 Å². The van der Waals surface area contributed by atoms with E-state index in [1.807, 2.05) is 16.5 Å². The van der Waals surface area contributed by atoms with Crippen molar-refractivity contribution in [3.63, 3.8) is 0 Å². The summed E-state index contributed by atoms with van der Waals surface area (Å²) in [7, 11) is 0. The van der Waals surface area contributed by atoms with E-state index in [0.29, 0.717) is 26.3 Å². The Morgan fingerprint density at radius 1 is 1.67 bits per heavy atom. The van der Waals surface area contributed by atoms with Gasteiger partial charge < -0.3 is 20.7 Å². The van der Waals surface area contributed by atoms with Gasteiger partial charge in [0, 0.05) is 24.7 Å². The molecule has 0 bridgehead atoms. The van der Waals surface area contributed by atoms with Gasteiger partial charge in [-0.2, -0.15) is 0 Å². The van der Waals surface area contributed by atoms with Crippen LogP contribution in [0.5, 0.6) is 0 Å². The molecule has 2 aromatic heterocycles. The zero-order chi connectivity index (χ0) is 14.8. The number of aromatic nitrogens is 2. The number of nitrogens with one attached hydrogen (secondary N) is 1. The maximum absolute atomic E-state index is 11.7. The minimum atomic E-state index is -0.455. The second-order valence-corrected chi connectivity index (χ2v) is 5.78. The van der Waals surface area contributed by atoms with Gasteiger partial charge in [0.25, 0.3) is 0 Å². The van der Waals surface area contributed by atoms with Crippen molar-refractivity contribution in [1.29, 1.82) is 0 Å². The lowest BCUT2D eigenvalue weighted by molar-refractivity contribution is -0.121. The molecule has 0 saturated carbocycles. The Hall–Kier alpha value is -1.64. The van der Waals surface area contributed by atoms with Crippen molar-refractivity contribution in [3.05, 3.63) is 17.3 Å². The molecule has 1 fully saturated rings. The summed E-state index contributed by atoms with van der Waals surface area (Å²) in [4.78, 5) is 19.2. The van der Waals surface area contributed by atoms with Crippen molar-refractivity contribution in [3.8, 4) is 0 Å². The number of imidazole rings is 1. The number of amides is 1. The number of anilines is 1. The van der Waals surface area contributed by atoms with Crippen molar-refractivity contribution in [1.82, 2.24) is 14.7 Å². The standard InChI is InChI=1S/C13H19N5O2S/c1-2-15-7-9-12(16-13-18(9)4-6-21-13)17-3-5-20-8-10(17)11(14)19/h4,6,10,15H,2-3,5,7-8H2,1H3,(H2,14,19). The van der Waals surface area contributed by atoms with Gasteiger partial charge in [-0.15, -0.1) is 11.3 Å². The maximum atomic E-state index is 11.7. The molecule has 114 valence electrons. The van der Waals surface area contributed by atoms with Crippen molar-refractivity contribution < 1.29 is 9.53 Å². The highest BCUT2D eigenvalue weighted by Crippen LogP contribution is 2.27. The fourth-order valence-corrected chi connectivity index (χ4v) is 3.28. The van der Waals surface area contributed by atoms with Gasteiger partial charge in [-0.3, -0.25) is 9.20 Å². The average Bonchev–Trinajstić information content (AvgIpc) is 3.06. The Balaban J connectivity index is 2.00. The lowest BCUT2D eigenvalue weighted by atomic mass is 10.2. The molecule has 3 N–H and O–H groups in total. The molecule has 3 rings (SSSR count). The second-order valence-electron chi connectivity index (χ2n) is 4.90. The molecule has 21 heavy (non-hydrogen) atoms. The zero-order valence-electron chi connectivity index (χ0n) is 11.9. The molecule has 0 spiro atoms. The first-order valence-electron chi connectivity index (χ1n) is 7.01. The quantitative estimate of drug-likeness (QED) is 0.824. The van der Waals surface area contributed by atoms with Gasteiger partial charge in [-0.05, 0) is 6.54 Å². The maximum Gasteiger partial charge on any atom is 0.242 e. The molecule has 0 radical (unpaired) electrons. The van der Waals surface area contributed by atoms with Gasteiger partial charge in [0.1, 0.15) is 6.04 Å². The van der Waals surface area contributed by atoms with Gasteiger partial charge >= 0.3 is 0 Å². The van der Waals surface area contributed by atoms with Crippen LogP contribution in [0.2, 0.25) is 0 Å². The average molecular weight is 309 g/mol. The molecule has 1 aliphatic rings. The first-order valence-corrected chi connectivity index (χ1v) is 7.89. The van der Waals surface area contributed by atoms with Crippen LogP contribution in [0.15, 0.2) is 11.6 Å². The molecule has 7 nitrogen and oxygen atoms in total.